The van der Waals surface area contributed by atoms with E-state index in [0.717, 1.165) is 0 Å². The number of nitrogens with one attached hydrogen (secondary N) is 2. The van der Waals surface area contributed by atoms with Gasteiger partial charge in [-0.2, -0.15) is 0 Å². The van der Waals surface area contributed by atoms with Crippen molar-refractivity contribution in [2.75, 3.05) is 0 Å². The summed E-state index contributed by atoms with van der Waals surface area (Å²) in [4.78, 5) is 48.3. The first-order valence-electron chi connectivity index (χ1n) is 10.5. The smallest absolute Gasteiger partial charge is 0.326 e. The first-order valence-corrected chi connectivity index (χ1v) is 10.5. The summed E-state index contributed by atoms with van der Waals surface area (Å²) in [5, 5.41) is 33.1. The van der Waals surface area contributed by atoms with E-state index in [1.807, 2.05) is 0 Å². The maximum absolute atomic E-state index is 12.8. The van der Waals surface area contributed by atoms with Gasteiger partial charge in [0.25, 0.3) is 0 Å². The van der Waals surface area contributed by atoms with Crippen molar-refractivity contribution in [1.82, 2.24) is 10.6 Å². The predicted molar refractivity (Wildman–Crippen MR) is 122 cm³/mol. The molecule has 0 saturated heterocycles. The lowest BCUT2D eigenvalue weighted by molar-refractivity contribution is -0.142. The largest absolute Gasteiger partial charge is 0.508 e. The average molecular weight is 472 g/mol. The number of hydrogen-bond acceptors (Lipinski definition) is 7. The molecule has 3 atom stereocenters. The molecule has 11 nitrogen and oxygen atoms in total. The van der Waals surface area contributed by atoms with E-state index in [2.05, 4.69) is 10.6 Å². The standard InChI is InChI=1S/C23H28N4O7/c24-17(11-13-1-5-15(28)6-2-13)21(31)26-18(9-10-20(25)30)22(32)27-19(23(33)34)12-14-3-7-16(29)8-4-14/h1-8,17-19,28-29H,9-12,24H2,(H2,25,30)(H,26,31)(H,27,32)(H,33,34)/t17-,18-,19-/m0/s1. The molecule has 0 aromatic heterocycles. The lowest BCUT2D eigenvalue weighted by Crippen LogP contribution is -2.55. The van der Waals surface area contributed by atoms with Gasteiger partial charge in [0.2, 0.25) is 17.7 Å². The van der Waals surface area contributed by atoms with Gasteiger partial charge in [-0.05, 0) is 48.2 Å². The minimum absolute atomic E-state index is 0.0116. The number of aliphatic carboxylic acids is 1. The summed E-state index contributed by atoms with van der Waals surface area (Å²) in [6.45, 7) is 0. The van der Waals surface area contributed by atoms with Crippen molar-refractivity contribution in [2.24, 2.45) is 11.5 Å². The number of phenols is 2. The summed E-state index contributed by atoms with van der Waals surface area (Å²) < 4.78 is 0. The molecule has 2 aromatic carbocycles. The molecule has 0 saturated carbocycles. The molecule has 182 valence electrons. The van der Waals surface area contributed by atoms with Gasteiger partial charge >= 0.3 is 5.97 Å². The maximum atomic E-state index is 12.8. The first kappa shape index (κ1) is 26.1. The summed E-state index contributed by atoms with van der Waals surface area (Å²) in [5.74, 6) is -3.41. The van der Waals surface area contributed by atoms with Gasteiger partial charge in [-0.15, -0.1) is 0 Å². The Morgan fingerprint density at radius 1 is 0.765 bits per heavy atom. The number of carboxylic acids is 1. The molecule has 34 heavy (non-hydrogen) atoms. The number of carbonyl (C=O) groups excluding carboxylic acids is 3. The van der Waals surface area contributed by atoms with Crippen molar-refractivity contribution in [3.63, 3.8) is 0 Å². The Balaban J connectivity index is 2.07. The van der Waals surface area contributed by atoms with E-state index in [0.29, 0.717) is 11.1 Å². The van der Waals surface area contributed by atoms with E-state index < -0.39 is 41.8 Å². The van der Waals surface area contributed by atoms with Crippen molar-refractivity contribution < 1.29 is 34.5 Å². The average Bonchev–Trinajstić information content (AvgIpc) is 2.78. The highest BCUT2D eigenvalue weighted by atomic mass is 16.4. The molecule has 0 fully saturated rings. The molecular formula is C23H28N4O7. The van der Waals surface area contributed by atoms with Crippen molar-refractivity contribution in [2.45, 2.75) is 43.8 Å². The summed E-state index contributed by atoms with van der Waals surface area (Å²) in [7, 11) is 0. The van der Waals surface area contributed by atoms with Crippen LogP contribution in [0.5, 0.6) is 11.5 Å². The van der Waals surface area contributed by atoms with Crippen LogP contribution < -0.4 is 22.1 Å². The fourth-order valence-electron chi connectivity index (χ4n) is 3.15. The molecule has 2 rings (SSSR count). The van der Waals surface area contributed by atoms with Crippen LogP contribution in [0, 0.1) is 0 Å². The van der Waals surface area contributed by atoms with Gasteiger partial charge in [-0.1, -0.05) is 24.3 Å². The fourth-order valence-corrected chi connectivity index (χ4v) is 3.15. The molecule has 0 radical (unpaired) electrons. The summed E-state index contributed by atoms with van der Waals surface area (Å²) in [5.41, 5.74) is 12.3. The summed E-state index contributed by atoms with van der Waals surface area (Å²) >= 11 is 0. The molecule has 0 unspecified atom stereocenters. The Morgan fingerprint density at radius 2 is 1.24 bits per heavy atom. The normalized spacial score (nSPS) is 13.3. The van der Waals surface area contributed by atoms with E-state index >= 15 is 0 Å². The number of carboxylic acid groups (broad SMARTS) is 1. The Kier molecular flexibility index (Phi) is 9.38. The van der Waals surface area contributed by atoms with Crippen LogP contribution in [0.25, 0.3) is 0 Å². The molecule has 9 N–H and O–H groups in total. The monoisotopic (exact) mass is 472 g/mol. The fraction of sp³-hybridized carbons (Fsp3) is 0.304. The van der Waals surface area contributed by atoms with Gasteiger partial charge in [-0.3, -0.25) is 14.4 Å². The third-order valence-electron chi connectivity index (χ3n) is 5.03. The topological polar surface area (TPSA) is 205 Å². The predicted octanol–water partition coefficient (Wildman–Crippen LogP) is -0.470. The molecule has 3 amide bonds. The van der Waals surface area contributed by atoms with Gasteiger partial charge < -0.3 is 37.4 Å². The Hall–Kier alpha value is -4.12. The van der Waals surface area contributed by atoms with E-state index in [1.165, 1.54) is 36.4 Å². The van der Waals surface area contributed by atoms with Crippen molar-refractivity contribution >= 4 is 23.7 Å². The second-order valence-electron chi connectivity index (χ2n) is 7.81. The second-order valence-corrected chi connectivity index (χ2v) is 7.81. The molecule has 0 aliphatic carbocycles. The van der Waals surface area contributed by atoms with E-state index in [9.17, 15) is 34.5 Å². The molecule has 0 aliphatic heterocycles. The number of carbonyl (C=O) groups is 4. The lowest BCUT2D eigenvalue weighted by Gasteiger charge is -2.23. The molecule has 0 heterocycles. The maximum Gasteiger partial charge on any atom is 0.326 e. The van der Waals surface area contributed by atoms with Gasteiger partial charge in [-0.25, -0.2) is 4.79 Å². The second kappa shape index (κ2) is 12.2. The van der Waals surface area contributed by atoms with Gasteiger partial charge in [0.05, 0.1) is 6.04 Å². The number of phenolic OH excluding ortho intramolecular Hbond substituents is 2. The lowest BCUT2D eigenvalue weighted by atomic mass is 10.0. The minimum atomic E-state index is -1.32. The summed E-state index contributed by atoms with van der Waals surface area (Å²) in [6, 6.07) is 8.30. The van der Waals surface area contributed by atoms with E-state index in [-0.39, 0.29) is 37.2 Å². The number of benzene rings is 2. The number of aromatic hydroxyl groups is 2. The molecule has 11 heteroatoms. The Bertz CT molecular complexity index is 1010. The highest BCUT2D eigenvalue weighted by Gasteiger charge is 2.28. The van der Waals surface area contributed by atoms with Crippen LogP contribution in [-0.4, -0.2) is 57.1 Å². The van der Waals surface area contributed by atoms with Gasteiger partial charge in [0.1, 0.15) is 23.6 Å². The van der Waals surface area contributed by atoms with E-state index in [4.69, 9.17) is 11.5 Å². The van der Waals surface area contributed by atoms with Crippen LogP contribution >= 0.6 is 0 Å². The number of amides is 3. The third-order valence-corrected chi connectivity index (χ3v) is 5.03. The van der Waals surface area contributed by atoms with Crippen molar-refractivity contribution in [1.29, 1.82) is 0 Å². The van der Waals surface area contributed by atoms with Gasteiger partial charge in [0.15, 0.2) is 0 Å². The highest BCUT2D eigenvalue weighted by Crippen LogP contribution is 2.13. The first-order chi connectivity index (χ1) is 16.0. The van der Waals surface area contributed by atoms with Gasteiger partial charge in [0, 0.05) is 12.8 Å². The van der Waals surface area contributed by atoms with Crippen LogP contribution in [0.2, 0.25) is 0 Å². The van der Waals surface area contributed by atoms with Crippen LogP contribution in [0.1, 0.15) is 24.0 Å². The van der Waals surface area contributed by atoms with Crippen LogP contribution in [0.15, 0.2) is 48.5 Å². The number of primary amides is 1. The number of rotatable bonds is 12. The molecule has 0 spiro atoms. The minimum Gasteiger partial charge on any atom is -0.508 e. The summed E-state index contributed by atoms with van der Waals surface area (Å²) in [6.07, 6.45) is -0.321. The molecule has 2 aromatic rings. The highest BCUT2D eigenvalue weighted by molar-refractivity contribution is 5.92. The van der Waals surface area contributed by atoms with Crippen LogP contribution in [-0.2, 0) is 32.0 Å². The number of nitrogens with two attached hydrogens (primary N) is 2. The van der Waals surface area contributed by atoms with Crippen LogP contribution in [0.3, 0.4) is 0 Å². The Labute approximate surface area is 195 Å². The number of hydrogen-bond donors (Lipinski definition) is 7. The Morgan fingerprint density at radius 3 is 1.71 bits per heavy atom. The zero-order chi connectivity index (χ0) is 25.3. The van der Waals surface area contributed by atoms with Crippen molar-refractivity contribution in [3.8, 4) is 11.5 Å². The molecule has 0 bridgehead atoms. The SMILES string of the molecule is NC(=O)CC[C@H](NC(=O)[C@@H](N)Cc1ccc(O)cc1)C(=O)N[C@@H](Cc1ccc(O)cc1)C(=O)O. The molecule has 0 aliphatic rings. The zero-order valence-electron chi connectivity index (χ0n) is 18.3. The van der Waals surface area contributed by atoms with E-state index in [1.54, 1.807) is 12.1 Å². The van der Waals surface area contributed by atoms with Crippen LogP contribution in [0.4, 0.5) is 0 Å². The third kappa shape index (κ3) is 8.43. The zero-order valence-corrected chi connectivity index (χ0v) is 18.3. The molecular weight excluding hydrogens is 444 g/mol. The van der Waals surface area contributed by atoms with Crippen molar-refractivity contribution in [3.05, 3.63) is 59.7 Å². The quantitative estimate of drug-likeness (QED) is 0.214.